The summed E-state index contributed by atoms with van der Waals surface area (Å²) in [5.74, 6) is -0.444. The molecule has 1 fully saturated rings. The summed E-state index contributed by atoms with van der Waals surface area (Å²) < 4.78 is 53.8. The number of ether oxygens (including phenoxy) is 3. The first kappa shape index (κ1) is 15.8. The van der Waals surface area contributed by atoms with Crippen molar-refractivity contribution in [1.82, 2.24) is 0 Å². The summed E-state index contributed by atoms with van der Waals surface area (Å²) in [6, 6.07) is 5.29. The first-order valence-corrected chi connectivity index (χ1v) is 6.39. The van der Waals surface area contributed by atoms with Gasteiger partial charge in [-0.3, -0.25) is 4.79 Å². The lowest BCUT2D eigenvalue weighted by Crippen LogP contribution is -2.20. The molecule has 1 saturated heterocycles. The third-order valence-corrected chi connectivity index (χ3v) is 3.14. The quantitative estimate of drug-likeness (QED) is 0.802. The van der Waals surface area contributed by atoms with Crippen LogP contribution in [0.2, 0.25) is 0 Å². The molecule has 0 aromatic heterocycles. The van der Waals surface area contributed by atoms with Crippen LogP contribution in [-0.4, -0.2) is 32.1 Å². The van der Waals surface area contributed by atoms with E-state index in [0.29, 0.717) is 0 Å². The zero-order valence-electron chi connectivity index (χ0n) is 11.4. The maximum atomic E-state index is 12.9. The lowest BCUT2D eigenvalue weighted by Gasteiger charge is -2.15. The smallest absolute Gasteiger partial charge is 0.416 e. The van der Waals surface area contributed by atoms with Crippen LogP contribution in [0.3, 0.4) is 0 Å². The zero-order chi connectivity index (χ0) is 15.5. The van der Waals surface area contributed by atoms with Crippen LogP contribution in [0.4, 0.5) is 13.2 Å². The van der Waals surface area contributed by atoms with Gasteiger partial charge in [0.2, 0.25) is 0 Å². The van der Waals surface area contributed by atoms with Crippen molar-refractivity contribution in [3.8, 4) is 0 Å². The lowest BCUT2D eigenvalue weighted by molar-refractivity contribution is -0.143. The van der Waals surface area contributed by atoms with E-state index in [9.17, 15) is 18.0 Å². The van der Waals surface area contributed by atoms with Gasteiger partial charge in [-0.2, -0.15) is 13.2 Å². The number of halogens is 3. The highest BCUT2D eigenvalue weighted by molar-refractivity contribution is 5.69. The van der Waals surface area contributed by atoms with Crippen molar-refractivity contribution in [3.63, 3.8) is 0 Å². The maximum absolute atomic E-state index is 12.9. The Morgan fingerprint density at radius 2 is 2.10 bits per heavy atom. The van der Waals surface area contributed by atoms with E-state index in [4.69, 9.17) is 9.47 Å². The minimum Gasteiger partial charge on any atom is -0.469 e. The molecule has 21 heavy (non-hydrogen) atoms. The van der Waals surface area contributed by atoms with Crippen molar-refractivity contribution in [2.75, 3.05) is 13.7 Å². The number of alkyl halides is 3. The maximum Gasteiger partial charge on any atom is 0.416 e. The van der Waals surface area contributed by atoms with Gasteiger partial charge >= 0.3 is 12.1 Å². The summed E-state index contributed by atoms with van der Waals surface area (Å²) in [6.07, 6.45) is -5.69. The second-order valence-corrected chi connectivity index (χ2v) is 4.66. The van der Waals surface area contributed by atoms with E-state index in [0.717, 1.165) is 6.07 Å². The normalized spacial score (nSPS) is 22.3. The molecule has 1 aliphatic rings. The standard InChI is InChI=1S/C14H15F3O4/c1-19-12(18)7-10-8-20-13(21-10)6-9-4-2-3-5-11(9)14(15,16)17/h2-5,10,13H,6-8H2,1H3. The molecule has 0 amide bonds. The van der Waals surface area contributed by atoms with Crippen LogP contribution in [0.15, 0.2) is 24.3 Å². The lowest BCUT2D eigenvalue weighted by atomic mass is 10.0. The van der Waals surface area contributed by atoms with Gasteiger partial charge in [-0.25, -0.2) is 0 Å². The second kappa shape index (κ2) is 6.44. The van der Waals surface area contributed by atoms with Gasteiger partial charge in [-0.15, -0.1) is 0 Å². The van der Waals surface area contributed by atoms with E-state index in [-0.39, 0.29) is 25.0 Å². The van der Waals surface area contributed by atoms with Gasteiger partial charge in [0.1, 0.15) is 0 Å². The SMILES string of the molecule is COC(=O)CC1COC(Cc2ccccc2C(F)(F)F)O1. The largest absolute Gasteiger partial charge is 0.469 e. The molecule has 0 spiro atoms. The fourth-order valence-corrected chi connectivity index (χ4v) is 2.15. The topological polar surface area (TPSA) is 44.8 Å². The third kappa shape index (κ3) is 4.18. The average Bonchev–Trinajstić information content (AvgIpc) is 2.85. The van der Waals surface area contributed by atoms with Crippen molar-refractivity contribution in [2.24, 2.45) is 0 Å². The van der Waals surface area contributed by atoms with Crippen LogP contribution < -0.4 is 0 Å². The summed E-state index contributed by atoms with van der Waals surface area (Å²) in [6.45, 7) is 0.161. The van der Waals surface area contributed by atoms with Crippen molar-refractivity contribution in [3.05, 3.63) is 35.4 Å². The summed E-state index contributed by atoms with van der Waals surface area (Å²) in [4.78, 5) is 11.1. The number of carbonyl (C=O) groups is 1. The minimum atomic E-state index is -4.42. The highest BCUT2D eigenvalue weighted by Crippen LogP contribution is 2.33. The van der Waals surface area contributed by atoms with Crippen LogP contribution >= 0.6 is 0 Å². The predicted molar refractivity (Wildman–Crippen MR) is 66.4 cm³/mol. The van der Waals surface area contributed by atoms with E-state index in [1.165, 1.54) is 25.3 Å². The Hall–Kier alpha value is -1.60. The molecule has 1 aromatic carbocycles. The van der Waals surface area contributed by atoms with Gasteiger partial charge in [-0.05, 0) is 11.6 Å². The molecule has 2 unspecified atom stereocenters. The number of rotatable bonds is 4. The molecule has 2 rings (SSSR count). The highest BCUT2D eigenvalue weighted by atomic mass is 19.4. The number of hydrogen-bond donors (Lipinski definition) is 0. The van der Waals surface area contributed by atoms with Gasteiger partial charge in [0.05, 0.1) is 31.8 Å². The predicted octanol–water partition coefficient (Wildman–Crippen LogP) is 2.55. The molecular weight excluding hydrogens is 289 g/mol. The molecule has 1 aromatic rings. The molecule has 0 bridgehead atoms. The molecule has 0 aliphatic carbocycles. The minimum absolute atomic E-state index is 0.0205. The highest BCUT2D eigenvalue weighted by Gasteiger charge is 2.35. The van der Waals surface area contributed by atoms with Gasteiger partial charge in [0, 0.05) is 6.42 Å². The van der Waals surface area contributed by atoms with Crippen LogP contribution in [0.1, 0.15) is 17.5 Å². The number of methoxy groups -OCH3 is 1. The molecule has 116 valence electrons. The van der Waals surface area contributed by atoms with Crippen molar-refractivity contribution in [2.45, 2.75) is 31.4 Å². The van der Waals surface area contributed by atoms with E-state index >= 15 is 0 Å². The monoisotopic (exact) mass is 304 g/mol. The van der Waals surface area contributed by atoms with Crippen molar-refractivity contribution >= 4 is 5.97 Å². The van der Waals surface area contributed by atoms with E-state index in [2.05, 4.69) is 4.74 Å². The Balaban J connectivity index is 1.99. The van der Waals surface area contributed by atoms with Crippen molar-refractivity contribution in [1.29, 1.82) is 0 Å². The zero-order valence-corrected chi connectivity index (χ0v) is 11.4. The second-order valence-electron chi connectivity index (χ2n) is 4.66. The van der Waals surface area contributed by atoms with Gasteiger partial charge in [0.15, 0.2) is 6.29 Å². The van der Waals surface area contributed by atoms with Gasteiger partial charge in [0.25, 0.3) is 0 Å². The Labute approximate surface area is 119 Å². The molecule has 0 N–H and O–H groups in total. The van der Waals surface area contributed by atoms with Gasteiger partial charge in [-0.1, -0.05) is 18.2 Å². The Bertz CT molecular complexity index is 501. The van der Waals surface area contributed by atoms with Crippen LogP contribution in [0, 0.1) is 0 Å². The van der Waals surface area contributed by atoms with E-state index in [1.54, 1.807) is 0 Å². The summed E-state index contributed by atoms with van der Waals surface area (Å²) >= 11 is 0. The van der Waals surface area contributed by atoms with E-state index in [1.807, 2.05) is 0 Å². The Morgan fingerprint density at radius 3 is 2.76 bits per heavy atom. The average molecular weight is 304 g/mol. The van der Waals surface area contributed by atoms with Crippen LogP contribution in [0.25, 0.3) is 0 Å². The Kier molecular flexibility index (Phi) is 4.84. The van der Waals surface area contributed by atoms with Crippen LogP contribution in [0.5, 0.6) is 0 Å². The first-order chi connectivity index (χ1) is 9.90. The van der Waals surface area contributed by atoms with Crippen LogP contribution in [-0.2, 0) is 31.6 Å². The molecule has 7 heteroatoms. The number of benzene rings is 1. The molecular formula is C14H15F3O4. The molecule has 0 radical (unpaired) electrons. The Morgan fingerprint density at radius 1 is 1.38 bits per heavy atom. The number of hydrogen-bond acceptors (Lipinski definition) is 4. The third-order valence-electron chi connectivity index (χ3n) is 3.14. The molecule has 1 aliphatic heterocycles. The first-order valence-electron chi connectivity index (χ1n) is 6.39. The van der Waals surface area contributed by atoms with Crippen molar-refractivity contribution < 1.29 is 32.2 Å². The van der Waals surface area contributed by atoms with Gasteiger partial charge < -0.3 is 14.2 Å². The van der Waals surface area contributed by atoms with E-state index < -0.39 is 30.1 Å². The fourth-order valence-electron chi connectivity index (χ4n) is 2.15. The number of carbonyl (C=O) groups excluding carboxylic acids is 1. The summed E-state index contributed by atoms with van der Waals surface area (Å²) in [5, 5.41) is 0. The summed E-state index contributed by atoms with van der Waals surface area (Å²) in [7, 11) is 1.26. The molecule has 0 saturated carbocycles. The molecule has 4 nitrogen and oxygen atoms in total. The summed E-state index contributed by atoms with van der Waals surface area (Å²) in [5.41, 5.74) is -0.595. The molecule has 1 heterocycles. The number of esters is 1. The fraction of sp³-hybridized carbons (Fsp3) is 0.500. The molecule has 2 atom stereocenters.